The van der Waals surface area contributed by atoms with Crippen molar-refractivity contribution in [2.75, 3.05) is 0 Å². The summed E-state index contributed by atoms with van der Waals surface area (Å²) >= 11 is 0. The highest BCUT2D eigenvalue weighted by Crippen LogP contribution is 2.26. The number of ether oxygens (including phenoxy) is 1. The molecule has 0 fully saturated rings. The van der Waals surface area contributed by atoms with Crippen LogP contribution in [0.15, 0.2) is 47.3 Å². The minimum absolute atomic E-state index is 0.0183. The minimum Gasteiger partial charge on any atom is -0.491 e. The number of aliphatic hydroxyl groups is 1. The lowest BCUT2D eigenvalue weighted by atomic mass is 10.1. The summed E-state index contributed by atoms with van der Waals surface area (Å²) < 4.78 is 5.67. The van der Waals surface area contributed by atoms with Gasteiger partial charge in [0.05, 0.1) is 23.6 Å². The van der Waals surface area contributed by atoms with E-state index in [9.17, 15) is 9.90 Å². The molecule has 5 nitrogen and oxygen atoms in total. The zero-order valence-electron chi connectivity index (χ0n) is 13.0. The second-order valence-corrected chi connectivity index (χ2v) is 5.58. The summed E-state index contributed by atoms with van der Waals surface area (Å²) in [5, 5.41) is 10.1. The molecule has 0 saturated heterocycles. The first-order valence-electron chi connectivity index (χ1n) is 7.48. The Bertz CT molecular complexity index is 900. The molecule has 3 rings (SSSR count). The number of fused-ring (bicyclic) bond motifs is 1. The molecule has 1 aromatic heterocycles. The second-order valence-electron chi connectivity index (χ2n) is 5.58. The zero-order valence-corrected chi connectivity index (χ0v) is 13.0. The van der Waals surface area contributed by atoms with Gasteiger partial charge in [0.1, 0.15) is 11.6 Å². The molecule has 118 valence electrons. The van der Waals surface area contributed by atoms with E-state index in [1.807, 2.05) is 26.0 Å². The van der Waals surface area contributed by atoms with Crippen LogP contribution in [0.2, 0.25) is 0 Å². The van der Waals surface area contributed by atoms with Crippen LogP contribution in [0.1, 0.15) is 19.4 Å². The van der Waals surface area contributed by atoms with Crippen molar-refractivity contribution in [2.24, 2.45) is 0 Å². The molecule has 0 saturated carbocycles. The molecule has 0 spiro atoms. The molecule has 0 aliphatic carbocycles. The summed E-state index contributed by atoms with van der Waals surface area (Å²) in [5.74, 6) is 1.11. The minimum atomic E-state index is -0.182. The average Bonchev–Trinajstić information content (AvgIpc) is 2.54. The number of aromatic nitrogens is 2. The van der Waals surface area contributed by atoms with E-state index in [1.165, 1.54) is 0 Å². The molecule has 0 amide bonds. The van der Waals surface area contributed by atoms with Gasteiger partial charge >= 0.3 is 0 Å². The average molecular weight is 310 g/mol. The number of aliphatic hydroxyl groups excluding tert-OH is 1. The van der Waals surface area contributed by atoms with Crippen LogP contribution in [0.5, 0.6) is 5.75 Å². The van der Waals surface area contributed by atoms with E-state index in [4.69, 9.17) is 4.74 Å². The van der Waals surface area contributed by atoms with Crippen molar-refractivity contribution in [1.82, 2.24) is 9.97 Å². The van der Waals surface area contributed by atoms with Gasteiger partial charge < -0.3 is 14.8 Å². The van der Waals surface area contributed by atoms with Gasteiger partial charge in [-0.3, -0.25) is 4.79 Å². The van der Waals surface area contributed by atoms with Gasteiger partial charge in [-0.2, -0.15) is 0 Å². The first-order valence-corrected chi connectivity index (χ1v) is 7.48. The largest absolute Gasteiger partial charge is 0.491 e. The van der Waals surface area contributed by atoms with E-state index in [0.29, 0.717) is 28.0 Å². The lowest BCUT2D eigenvalue weighted by Gasteiger charge is -2.14. The summed E-state index contributed by atoms with van der Waals surface area (Å²) in [6.07, 6.45) is 0.0183. The topological polar surface area (TPSA) is 75.2 Å². The van der Waals surface area contributed by atoms with Crippen LogP contribution in [-0.4, -0.2) is 21.2 Å². The normalized spacial score (nSPS) is 11.1. The number of hydrogen-bond acceptors (Lipinski definition) is 4. The monoisotopic (exact) mass is 310 g/mol. The van der Waals surface area contributed by atoms with Crippen molar-refractivity contribution in [3.8, 4) is 17.1 Å². The number of rotatable bonds is 4. The second kappa shape index (κ2) is 6.22. The van der Waals surface area contributed by atoms with Crippen molar-refractivity contribution >= 4 is 10.9 Å². The summed E-state index contributed by atoms with van der Waals surface area (Å²) in [7, 11) is 0. The van der Waals surface area contributed by atoms with E-state index in [0.717, 1.165) is 5.56 Å². The van der Waals surface area contributed by atoms with Crippen LogP contribution < -0.4 is 10.3 Å². The van der Waals surface area contributed by atoms with Gasteiger partial charge in [-0.25, -0.2) is 4.98 Å². The Morgan fingerprint density at radius 2 is 2.00 bits per heavy atom. The molecule has 0 aliphatic heterocycles. The maximum atomic E-state index is 12.2. The highest BCUT2D eigenvalue weighted by molar-refractivity contribution is 5.79. The Hall–Kier alpha value is -2.66. The predicted molar refractivity (Wildman–Crippen MR) is 89.5 cm³/mol. The molecule has 0 unspecified atom stereocenters. The number of nitrogens with one attached hydrogen (secondary N) is 1. The van der Waals surface area contributed by atoms with Gasteiger partial charge in [-0.15, -0.1) is 0 Å². The SMILES string of the molecule is CC(C)Oc1ccc(-c2nc3ccccc3c(=O)[nH]2)cc1CO. The fraction of sp³-hybridized carbons (Fsp3) is 0.222. The number of hydrogen-bond donors (Lipinski definition) is 2. The number of benzene rings is 2. The van der Waals surface area contributed by atoms with Gasteiger partial charge in [0.25, 0.3) is 5.56 Å². The van der Waals surface area contributed by atoms with E-state index in [-0.39, 0.29) is 18.3 Å². The third-order valence-corrected chi connectivity index (χ3v) is 3.48. The molecule has 0 aliphatic rings. The van der Waals surface area contributed by atoms with Crippen LogP contribution in [0, 0.1) is 0 Å². The fourth-order valence-electron chi connectivity index (χ4n) is 2.44. The highest BCUT2D eigenvalue weighted by Gasteiger charge is 2.10. The fourth-order valence-corrected chi connectivity index (χ4v) is 2.44. The van der Waals surface area contributed by atoms with Crippen molar-refractivity contribution < 1.29 is 9.84 Å². The molecule has 2 N–H and O–H groups in total. The number of nitrogens with zero attached hydrogens (tertiary/aromatic N) is 1. The number of aromatic amines is 1. The molecular formula is C18H18N2O3. The molecule has 3 aromatic rings. The van der Waals surface area contributed by atoms with Crippen LogP contribution in [0.3, 0.4) is 0 Å². The Morgan fingerprint density at radius 1 is 1.22 bits per heavy atom. The van der Waals surface area contributed by atoms with Crippen molar-refractivity contribution in [3.05, 3.63) is 58.4 Å². The van der Waals surface area contributed by atoms with Crippen LogP contribution in [0.25, 0.3) is 22.3 Å². The van der Waals surface area contributed by atoms with Gasteiger partial charge in [0, 0.05) is 11.1 Å². The molecule has 5 heteroatoms. The van der Waals surface area contributed by atoms with Crippen LogP contribution in [0.4, 0.5) is 0 Å². The number of H-pyrrole nitrogens is 1. The molecule has 23 heavy (non-hydrogen) atoms. The maximum absolute atomic E-state index is 12.2. The number of para-hydroxylation sites is 1. The lowest BCUT2D eigenvalue weighted by molar-refractivity contribution is 0.225. The van der Waals surface area contributed by atoms with E-state index in [1.54, 1.807) is 30.3 Å². The van der Waals surface area contributed by atoms with Crippen molar-refractivity contribution in [2.45, 2.75) is 26.6 Å². The van der Waals surface area contributed by atoms with Gasteiger partial charge in [0.2, 0.25) is 0 Å². The molecular weight excluding hydrogens is 292 g/mol. The van der Waals surface area contributed by atoms with Crippen LogP contribution in [-0.2, 0) is 6.61 Å². The van der Waals surface area contributed by atoms with Crippen LogP contribution >= 0.6 is 0 Å². The molecule has 0 radical (unpaired) electrons. The van der Waals surface area contributed by atoms with Gasteiger partial charge in [0.15, 0.2) is 0 Å². The Kier molecular flexibility index (Phi) is 4.12. The Balaban J connectivity index is 2.10. The first-order chi connectivity index (χ1) is 11.1. The standard InChI is InChI=1S/C18H18N2O3/c1-11(2)23-16-8-7-12(9-13(16)10-21)17-19-15-6-4-3-5-14(15)18(22)20-17/h3-9,11,21H,10H2,1-2H3,(H,19,20,22). The van der Waals surface area contributed by atoms with Crippen molar-refractivity contribution in [1.29, 1.82) is 0 Å². The van der Waals surface area contributed by atoms with E-state index >= 15 is 0 Å². The van der Waals surface area contributed by atoms with Gasteiger partial charge in [-0.05, 0) is 44.2 Å². The lowest BCUT2D eigenvalue weighted by Crippen LogP contribution is -2.10. The third-order valence-electron chi connectivity index (χ3n) is 3.48. The summed E-state index contributed by atoms with van der Waals surface area (Å²) in [5.41, 5.74) is 1.85. The predicted octanol–water partition coefficient (Wildman–Crippen LogP) is 2.87. The van der Waals surface area contributed by atoms with E-state index < -0.39 is 0 Å². The third kappa shape index (κ3) is 3.10. The quantitative estimate of drug-likeness (QED) is 0.777. The van der Waals surface area contributed by atoms with Crippen molar-refractivity contribution in [3.63, 3.8) is 0 Å². The summed E-state index contributed by atoms with van der Waals surface area (Å²) in [4.78, 5) is 19.5. The highest BCUT2D eigenvalue weighted by atomic mass is 16.5. The molecule has 1 heterocycles. The Labute approximate surface area is 133 Å². The molecule has 0 bridgehead atoms. The molecule has 0 atom stereocenters. The van der Waals surface area contributed by atoms with E-state index in [2.05, 4.69) is 9.97 Å². The smallest absolute Gasteiger partial charge is 0.259 e. The first kappa shape index (κ1) is 15.2. The van der Waals surface area contributed by atoms with Gasteiger partial charge in [-0.1, -0.05) is 12.1 Å². The molecule has 2 aromatic carbocycles. The summed E-state index contributed by atoms with van der Waals surface area (Å²) in [6.45, 7) is 3.71. The zero-order chi connectivity index (χ0) is 16.4. The maximum Gasteiger partial charge on any atom is 0.259 e. The Morgan fingerprint density at radius 3 is 2.74 bits per heavy atom. The summed E-state index contributed by atoms with van der Waals surface area (Å²) in [6, 6.07) is 12.6.